The number of hydrogen-bond acceptors (Lipinski definition) is 5. The molecule has 0 aromatic heterocycles. The van der Waals surface area contributed by atoms with Gasteiger partial charge < -0.3 is 14.0 Å². The monoisotopic (exact) mass is 256 g/mol. The fourth-order valence-electron chi connectivity index (χ4n) is 1.04. The second-order valence-corrected chi connectivity index (χ2v) is 6.49. The summed E-state index contributed by atoms with van der Waals surface area (Å²) in [5, 5.41) is 0. The van der Waals surface area contributed by atoms with Crippen molar-refractivity contribution in [3.05, 3.63) is 0 Å². The Morgan fingerprint density at radius 2 is 2.00 bits per heavy atom. The van der Waals surface area contributed by atoms with E-state index in [1.54, 1.807) is 0 Å². The van der Waals surface area contributed by atoms with Gasteiger partial charge in [0.25, 0.3) is 0 Å². The van der Waals surface area contributed by atoms with E-state index < -0.39 is 8.80 Å². The summed E-state index contributed by atoms with van der Waals surface area (Å²) in [5.74, 6) is 1.06. The fourth-order valence-corrected chi connectivity index (χ4v) is 3.93. The van der Waals surface area contributed by atoms with Crippen LogP contribution in [0.25, 0.3) is 0 Å². The maximum atomic E-state index is 9.72. The molecule has 0 spiro atoms. The van der Waals surface area contributed by atoms with Crippen LogP contribution in [0, 0.1) is 0 Å². The van der Waals surface area contributed by atoms with Crippen LogP contribution in [0.15, 0.2) is 0 Å². The highest BCUT2D eigenvalue weighted by Crippen LogP contribution is 2.24. The zero-order valence-corrected chi connectivity index (χ0v) is 11.3. The van der Waals surface area contributed by atoms with Crippen LogP contribution in [-0.4, -0.2) is 36.5 Å². The molecule has 6 heteroatoms. The molecule has 0 bridgehead atoms. The molecule has 3 nitrogen and oxygen atoms in total. The number of rotatable bonds is 8. The summed E-state index contributed by atoms with van der Waals surface area (Å²) in [7, 11) is -3.52. The third-order valence-corrected chi connectivity index (χ3v) is 5.27. The van der Waals surface area contributed by atoms with E-state index in [0.29, 0.717) is 24.5 Å². The van der Waals surface area contributed by atoms with E-state index >= 15 is 0 Å². The van der Waals surface area contributed by atoms with Gasteiger partial charge in [0.1, 0.15) is 0 Å². The van der Waals surface area contributed by atoms with Crippen LogP contribution < -0.4 is 0 Å². The summed E-state index contributed by atoms with van der Waals surface area (Å²) in [4.78, 5) is 19.4. The maximum Gasteiger partial charge on any atom is 0.499 e. The molecule has 0 saturated heterocycles. The van der Waals surface area contributed by atoms with Crippen molar-refractivity contribution in [2.45, 2.75) is 31.7 Å². The van der Waals surface area contributed by atoms with E-state index in [4.69, 9.17) is 4.43 Å². The van der Waals surface area contributed by atoms with Gasteiger partial charge in [0, 0.05) is 12.1 Å². The first-order valence-electron chi connectivity index (χ1n) is 4.88. The van der Waals surface area contributed by atoms with Crippen LogP contribution >= 0.6 is 25.3 Å². The van der Waals surface area contributed by atoms with Crippen molar-refractivity contribution < 1.29 is 14.0 Å². The van der Waals surface area contributed by atoms with Crippen molar-refractivity contribution in [3.8, 4) is 0 Å². The van der Waals surface area contributed by atoms with Gasteiger partial charge in [-0.25, -0.2) is 0 Å². The Labute approximate surface area is 98.1 Å². The minimum Gasteiger partial charge on any atom is -0.390 e. The Morgan fingerprint density at radius 3 is 2.43 bits per heavy atom. The van der Waals surface area contributed by atoms with Crippen LogP contribution in [0.3, 0.4) is 0 Å². The van der Waals surface area contributed by atoms with E-state index in [0.717, 1.165) is 12.8 Å². The minimum absolute atomic E-state index is 0.250. The van der Waals surface area contributed by atoms with Gasteiger partial charge in [0.05, 0.1) is 0 Å². The van der Waals surface area contributed by atoms with Gasteiger partial charge in [-0.1, -0.05) is 13.3 Å². The predicted octanol–water partition coefficient (Wildman–Crippen LogP) is 1.35. The molecular weight excluding hydrogens is 236 g/mol. The summed E-state index contributed by atoms with van der Waals surface area (Å²) in [5.41, 5.74) is -0.250. The number of unbranched alkanes of at least 4 members (excludes halogenated alkanes) is 1. The molecule has 0 amide bonds. The van der Waals surface area contributed by atoms with Crippen LogP contribution in [0.1, 0.15) is 26.2 Å². The van der Waals surface area contributed by atoms with E-state index in [-0.39, 0.29) is 5.54 Å². The lowest BCUT2D eigenvalue weighted by Gasteiger charge is -2.25. The molecule has 0 aliphatic rings. The molecule has 0 aromatic carbocycles. The van der Waals surface area contributed by atoms with Gasteiger partial charge in [0.15, 0.2) is 0 Å². The second kappa shape index (κ2) is 8.01. The third kappa shape index (κ3) is 5.62. The molecule has 0 aromatic rings. The topological polar surface area (TPSA) is 49.7 Å². The maximum absolute atomic E-state index is 9.72. The lowest BCUT2D eigenvalue weighted by atomic mass is 10.4. The van der Waals surface area contributed by atoms with Crippen LogP contribution in [0.5, 0.6) is 0 Å². The summed E-state index contributed by atoms with van der Waals surface area (Å²) in [6.07, 6.45) is 2.48. The second-order valence-electron chi connectivity index (χ2n) is 3.25. The van der Waals surface area contributed by atoms with Crippen molar-refractivity contribution >= 4 is 34.1 Å². The number of thiol groups is 2. The fraction of sp³-hybridized carbons (Fsp3) is 1.00. The molecule has 0 aliphatic heterocycles. The summed E-state index contributed by atoms with van der Waals surface area (Å²) < 4.78 is 5.14. The molecule has 0 radical (unpaired) electrons. The standard InChI is InChI=1S/C8H20O3S2Si/c1-2-3-5-11-14(9,10)8(7-13)4-6-12/h8-10,12-13H,2-7H2,1H3. The van der Waals surface area contributed by atoms with Gasteiger partial charge in [-0.3, -0.25) is 0 Å². The van der Waals surface area contributed by atoms with Gasteiger partial charge in [-0.2, -0.15) is 25.3 Å². The van der Waals surface area contributed by atoms with Gasteiger partial charge in [0.2, 0.25) is 0 Å². The molecule has 1 atom stereocenters. The number of hydrogen-bond donors (Lipinski definition) is 4. The quantitative estimate of drug-likeness (QED) is 0.301. The van der Waals surface area contributed by atoms with Gasteiger partial charge in [-0.05, 0) is 24.3 Å². The Hall–Kier alpha value is 0.797. The molecule has 0 saturated carbocycles. The minimum atomic E-state index is -3.52. The summed E-state index contributed by atoms with van der Waals surface area (Å²) in [6.45, 7) is 2.46. The lowest BCUT2D eigenvalue weighted by Crippen LogP contribution is -2.45. The molecule has 1 unspecified atom stereocenters. The highest BCUT2D eigenvalue weighted by atomic mass is 32.1. The molecule has 14 heavy (non-hydrogen) atoms. The van der Waals surface area contributed by atoms with Crippen LogP contribution in [-0.2, 0) is 4.43 Å². The lowest BCUT2D eigenvalue weighted by molar-refractivity contribution is 0.135. The highest BCUT2D eigenvalue weighted by molar-refractivity contribution is 7.80. The Morgan fingerprint density at radius 1 is 1.36 bits per heavy atom. The zero-order chi connectivity index (χ0) is 11.0. The molecule has 0 heterocycles. The van der Waals surface area contributed by atoms with E-state index in [1.807, 2.05) is 6.92 Å². The van der Waals surface area contributed by atoms with Crippen molar-refractivity contribution in [1.29, 1.82) is 0 Å². The zero-order valence-electron chi connectivity index (χ0n) is 8.52. The predicted molar refractivity (Wildman–Crippen MR) is 67.1 cm³/mol. The summed E-state index contributed by atoms with van der Waals surface area (Å²) >= 11 is 8.15. The molecular formula is C8H20O3S2Si. The average molecular weight is 256 g/mol. The first-order chi connectivity index (χ1) is 6.58. The van der Waals surface area contributed by atoms with Crippen molar-refractivity contribution in [3.63, 3.8) is 0 Å². The SMILES string of the molecule is CCCCO[Si](O)(O)C(CS)CCS. The average Bonchev–Trinajstić information content (AvgIpc) is 2.14. The van der Waals surface area contributed by atoms with E-state index in [9.17, 15) is 9.59 Å². The Balaban J connectivity index is 3.97. The van der Waals surface area contributed by atoms with Crippen molar-refractivity contribution in [2.75, 3.05) is 18.1 Å². The first-order valence-corrected chi connectivity index (χ1v) is 8.03. The van der Waals surface area contributed by atoms with E-state index in [1.165, 1.54) is 0 Å². The molecule has 2 N–H and O–H groups in total. The Kier molecular flexibility index (Phi) is 8.46. The first kappa shape index (κ1) is 14.8. The normalized spacial score (nSPS) is 14.4. The molecule has 0 rings (SSSR count). The molecule has 0 aliphatic carbocycles. The molecule has 86 valence electrons. The largest absolute Gasteiger partial charge is 0.499 e. The van der Waals surface area contributed by atoms with E-state index in [2.05, 4.69) is 25.3 Å². The van der Waals surface area contributed by atoms with Crippen LogP contribution in [0.4, 0.5) is 0 Å². The molecule has 0 fully saturated rings. The summed E-state index contributed by atoms with van der Waals surface area (Å²) in [6, 6.07) is 0. The highest BCUT2D eigenvalue weighted by Gasteiger charge is 2.41. The third-order valence-electron chi connectivity index (χ3n) is 2.04. The smallest absolute Gasteiger partial charge is 0.390 e. The van der Waals surface area contributed by atoms with Crippen molar-refractivity contribution in [2.24, 2.45) is 0 Å². The van der Waals surface area contributed by atoms with Crippen LogP contribution in [0.2, 0.25) is 5.54 Å². The Bertz CT molecular complexity index is 147. The van der Waals surface area contributed by atoms with Gasteiger partial charge in [-0.15, -0.1) is 0 Å². The van der Waals surface area contributed by atoms with Gasteiger partial charge >= 0.3 is 8.80 Å². The van der Waals surface area contributed by atoms with Crippen molar-refractivity contribution in [1.82, 2.24) is 0 Å².